The second kappa shape index (κ2) is 5.54. The zero-order chi connectivity index (χ0) is 9.10. The molecule has 0 saturated carbocycles. The summed E-state index contributed by atoms with van der Waals surface area (Å²) in [6, 6.07) is 18.6. The highest BCUT2D eigenvalue weighted by Gasteiger charge is 1.99. The Morgan fingerprint density at radius 3 is 1.93 bits per heavy atom. The van der Waals surface area contributed by atoms with E-state index in [1.54, 1.807) is 0 Å². The van der Waals surface area contributed by atoms with Crippen molar-refractivity contribution < 1.29 is 0 Å². The van der Waals surface area contributed by atoms with Crippen molar-refractivity contribution in [3.8, 4) is 11.1 Å². The number of hydrogen-bond acceptors (Lipinski definition) is 0. The average molecular weight is 259 g/mol. The van der Waals surface area contributed by atoms with Gasteiger partial charge in [-0.25, -0.2) is 0 Å². The Morgan fingerprint density at radius 1 is 0.714 bits per heavy atom. The molecule has 0 aromatic heterocycles. The van der Waals surface area contributed by atoms with Crippen LogP contribution < -0.4 is 0 Å². The SMILES string of the molecule is Brc1ccccc1-c1ccccc1.[MgH2]. The molecule has 0 spiro atoms. The Hall–Kier alpha value is -0.314. The molecule has 0 heterocycles. The zero-order valence-corrected chi connectivity index (χ0v) is 8.66. The quantitative estimate of drug-likeness (QED) is 0.690. The minimum Gasteiger partial charge on any atom is -0.0622 e. The summed E-state index contributed by atoms with van der Waals surface area (Å²) in [5, 5.41) is 0. The molecule has 0 amide bonds. The smallest absolute Gasteiger partial charge is 0.0622 e. The van der Waals surface area contributed by atoms with Gasteiger partial charge in [-0.1, -0.05) is 64.5 Å². The van der Waals surface area contributed by atoms with Crippen LogP contribution >= 0.6 is 15.9 Å². The lowest BCUT2D eigenvalue weighted by Crippen LogP contribution is -1.77. The van der Waals surface area contributed by atoms with Crippen LogP contribution in [0.15, 0.2) is 59.1 Å². The van der Waals surface area contributed by atoms with E-state index in [-0.39, 0.29) is 23.1 Å². The summed E-state index contributed by atoms with van der Waals surface area (Å²) in [6.07, 6.45) is 0. The van der Waals surface area contributed by atoms with Gasteiger partial charge >= 0.3 is 23.1 Å². The molecule has 2 aromatic rings. The molecule has 0 aliphatic rings. The fraction of sp³-hybridized carbons (Fsp3) is 0. The molecule has 14 heavy (non-hydrogen) atoms. The zero-order valence-electron chi connectivity index (χ0n) is 7.07. The Balaban J connectivity index is 0.000000980. The van der Waals surface area contributed by atoms with Crippen LogP contribution in [0.1, 0.15) is 0 Å². The van der Waals surface area contributed by atoms with Crippen molar-refractivity contribution >= 4 is 39.0 Å². The molecular weight excluding hydrogens is 248 g/mol. The van der Waals surface area contributed by atoms with Crippen LogP contribution in [0.25, 0.3) is 11.1 Å². The number of halogens is 1. The van der Waals surface area contributed by atoms with Gasteiger partial charge in [-0.2, -0.15) is 0 Å². The largest absolute Gasteiger partial charge is 0.316 e. The van der Waals surface area contributed by atoms with Gasteiger partial charge in [0, 0.05) is 4.47 Å². The van der Waals surface area contributed by atoms with Crippen molar-refractivity contribution in [1.82, 2.24) is 0 Å². The summed E-state index contributed by atoms with van der Waals surface area (Å²) in [4.78, 5) is 0. The molecule has 0 radical (unpaired) electrons. The Morgan fingerprint density at radius 2 is 1.29 bits per heavy atom. The maximum Gasteiger partial charge on any atom is 0.316 e. The van der Waals surface area contributed by atoms with E-state index < -0.39 is 0 Å². The van der Waals surface area contributed by atoms with Crippen LogP contribution in [-0.2, 0) is 0 Å². The van der Waals surface area contributed by atoms with Crippen molar-refractivity contribution in [2.24, 2.45) is 0 Å². The molecule has 2 aromatic carbocycles. The Labute approximate surface area is 109 Å². The molecule has 0 aliphatic heterocycles. The molecule has 2 rings (SSSR count). The van der Waals surface area contributed by atoms with Gasteiger partial charge in [0.05, 0.1) is 0 Å². The van der Waals surface area contributed by atoms with Crippen molar-refractivity contribution in [2.75, 3.05) is 0 Å². The minimum atomic E-state index is 0. The fourth-order valence-electron chi connectivity index (χ4n) is 1.31. The third kappa shape index (κ3) is 2.59. The van der Waals surface area contributed by atoms with E-state index in [1.165, 1.54) is 11.1 Å². The lowest BCUT2D eigenvalue weighted by atomic mass is 10.1. The standard InChI is InChI=1S/C12H9Br.Mg.2H/c13-12-9-5-4-8-11(12)10-6-2-1-3-7-10;;;/h1-9H;;;. The van der Waals surface area contributed by atoms with E-state index >= 15 is 0 Å². The molecule has 0 N–H and O–H groups in total. The summed E-state index contributed by atoms with van der Waals surface area (Å²) in [7, 11) is 0. The maximum atomic E-state index is 3.53. The van der Waals surface area contributed by atoms with Gasteiger partial charge < -0.3 is 0 Å². The first-order chi connectivity index (χ1) is 6.38. The van der Waals surface area contributed by atoms with Crippen LogP contribution in [0, 0.1) is 0 Å². The molecule has 68 valence electrons. The van der Waals surface area contributed by atoms with Crippen molar-refractivity contribution in [2.45, 2.75) is 0 Å². The molecule has 0 fully saturated rings. The van der Waals surface area contributed by atoms with E-state index in [1.807, 2.05) is 18.2 Å². The lowest BCUT2D eigenvalue weighted by molar-refractivity contribution is 1.58. The van der Waals surface area contributed by atoms with Crippen LogP contribution in [-0.4, -0.2) is 23.1 Å². The van der Waals surface area contributed by atoms with Gasteiger partial charge in [-0.3, -0.25) is 0 Å². The highest BCUT2D eigenvalue weighted by Crippen LogP contribution is 2.27. The lowest BCUT2D eigenvalue weighted by Gasteiger charge is -2.02. The molecule has 0 atom stereocenters. The topological polar surface area (TPSA) is 0 Å². The van der Waals surface area contributed by atoms with Gasteiger partial charge in [0.25, 0.3) is 0 Å². The van der Waals surface area contributed by atoms with Crippen molar-refractivity contribution in [3.05, 3.63) is 59.1 Å². The summed E-state index contributed by atoms with van der Waals surface area (Å²) >= 11 is 3.53. The van der Waals surface area contributed by atoms with Gasteiger partial charge in [-0.15, -0.1) is 0 Å². The van der Waals surface area contributed by atoms with Crippen LogP contribution in [0.2, 0.25) is 0 Å². The number of benzene rings is 2. The molecule has 0 bridgehead atoms. The Kier molecular flexibility index (Phi) is 4.65. The second-order valence-corrected chi connectivity index (χ2v) is 3.70. The van der Waals surface area contributed by atoms with Crippen molar-refractivity contribution in [3.63, 3.8) is 0 Å². The first-order valence-electron chi connectivity index (χ1n) is 4.18. The Bertz CT molecular complexity index is 398. The van der Waals surface area contributed by atoms with E-state index in [0.717, 1.165) is 4.47 Å². The number of rotatable bonds is 1. The van der Waals surface area contributed by atoms with E-state index in [0.29, 0.717) is 0 Å². The highest BCUT2D eigenvalue weighted by molar-refractivity contribution is 9.10. The third-order valence-electron chi connectivity index (χ3n) is 1.96. The van der Waals surface area contributed by atoms with Crippen LogP contribution in [0.4, 0.5) is 0 Å². The minimum absolute atomic E-state index is 0. The summed E-state index contributed by atoms with van der Waals surface area (Å²) < 4.78 is 1.14. The molecular formula is C12H11BrMg. The highest BCUT2D eigenvalue weighted by atomic mass is 79.9. The molecule has 0 nitrogen and oxygen atoms in total. The van der Waals surface area contributed by atoms with Crippen LogP contribution in [0.3, 0.4) is 0 Å². The summed E-state index contributed by atoms with van der Waals surface area (Å²) in [6.45, 7) is 0. The average Bonchev–Trinajstić information content (AvgIpc) is 2.20. The van der Waals surface area contributed by atoms with E-state index in [4.69, 9.17) is 0 Å². The molecule has 0 saturated heterocycles. The predicted molar refractivity (Wildman–Crippen MR) is 68.1 cm³/mol. The van der Waals surface area contributed by atoms with Gasteiger partial charge in [-0.05, 0) is 17.2 Å². The van der Waals surface area contributed by atoms with E-state index in [2.05, 4.69) is 52.3 Å². The monoisotopic (exact) mass is 258 g/mol. The van der Waals surface area contributed by atoms with Gasteiger partial charge in [0.2, 0.25) is 0 Å². The first-order valence-corrected chi connectivity index (χ1v) is 4.97. The fourth-order valence-corrected chi connectivity index (χ4v) is 1.83. The summed E-state index contributed by atoms with van der Waals surface area (Å²) in [5.41, 5.74) is 2.48. The van der Waals surface area contributed by atoms with Crippen molar-refractivity contribution in [1.29, 1.82) is 0 Å². The molecule has 0 aliphatic carbocycles. The van der Waals surface area contributed by atoms with E-state index in [9.17, 15) is 0 Å². The van der Waals surface area contributed by atoms with Gasteiger partial charge in [0.1, 0.15) is 0 Å². The second-order valence-electron chi connectivity index (χ2n) is 2.85. The normalized spacial score (nSPS) is 9.21. The predicted octanol–water partition coefficient (Wildman–Crippen LogP) is 3.20. The van der Waals surface area contributed by atoms with Crippen LogP contribution in [0.5, 0.6) is 0 Å². The summed E-state index contributed by atoms with van der Waals surface area (Å²) in [5.74, 6) is 0. The number of hydrogen-bond donors (Lipinski definition) is 0. The third-order valence-corrected chi connectivity index (χ3v) is 2.65. The molecule has 0 unspecified atom stereocenters. The van der Waals surface area contributed by atoms with Gasteiger partial charge in [0.15, 0.2) is 0 Å². The molecule has 2 heteroatoms. The maximum absolute atomic E-state index is 3.53. The first kappa shape index (κ1) is 11.8.